The number of nitrogens with one attached hydrogen (secondary N) is 1. The van der Waals surface area contributed by atoms with E-state index in [2.05, 4.69) is 25.4 Å². The average Bonchev–Trinajstić information content (AvgIpc) is 3.45. The molecule has 15 heteroatoms. The zero-order valence-electron chi connectivity index (χ0n) is 15.7. The van der Waals surface area contributed by atoms with Crippen molar-refractivity contribution in [2.75, 3.05) is 18.9 Å². The molecule has 7 N–H and O–H groups in total. The van der Waals surface area contributed by atoms with Crippen molar-refractivity contribution in [2.45, 2.75) is 24.5 Å². The minimum Gasteiger partial charge on any atom is -0.480 e. The van der Waals surface area contributed by atoms with Crippen LogP contribution in [-0.2, 0) is 9.53 Å². The van der Waals surface area contributed by atoms with Crippen molar-refractivity contribution >= 4 is 28.9 Å². The number of carboxylic acid groups (broad SMARTS) is 1. The molecule has 1 aliphatic rings. The highest BCUT2D eigenvalue weighted by Crippen LogP contribution is 2.32. The molecule has 1 amide bonds. The molecular formula is C16H18N8O7. The summed E-state index contributed by atoms with van der Waals surface area (Å²) in [6.07, 6.45) is -0.973. The van der Waals surface area contributed by atoms with Gasteiger partial charge in [0.05, 0.1) is 24.7 Å². The zero-order valence-corrected chi connectivity index (χ0v) is 15.7. The van der Waals surface area contributed by atoms with Crippen LogP contribution in [0.15, 0.2) is 18.7 Å². The maximum absolute atomic E-state index is 12.0. The summed E-state index contributed by atoms with van der Waals surface area (Å²) >= 11 is 0. The Morgan fingerprint density at radius 2 is 2.03 bits per heavy atom. The van der Waals surface area contributed by atoms with E-state index < -0.39 is 49.6 Å². The molecule has 15 nitrogen and oxygen atoms in total. The Labute approximate surface area is 172 Å². The SMILES string of the molecule is Nc1nc(-n2cc(C(=O)NCC(=O)O)cn2)nc2c1ncn2[C@@H]1O[C@H](CO)[C@@H](O)[C@@H]1O. The van der Waals surface area contributed by atoms with Gasteiger partial charge in [-0.25, -0.2) is 9.67 Å². The van der Waals surface area contributed by atoms with Gasteiger partial charge >= 0.3 is 5.97 Å². The number of hydrogen-bond donors (Lipinski definition) is 6. The lowest BCUT2D eigenvalue weighted by molar-refractivity contribution is -0.135. The molecule has 31 heavy (non-hydrogen) atoms. The molecule has 1 fully saturated rings. The van der Waals surface area contributed by atoms with Gasteiger partial charge in [0, 0.05) is 6.20 Å². The third kappa shape index (κ3) is 3.66. The molecule has 0 aliphatic carbocycles. The third-order valence-electron chi connectivity index (χ3n) is 4.68. The van der Waals surface area contributed by atoms with Crippen LogP contribution in [0.25, 0.3) is 17.1 Å². The lowest BCUT2D eigenvalue weighted by atomic mass is 10.1. The van der Waals surface area contributed by atoms with Gasteiger partial charge in [-0.15, -0.1) is 0 Å². The number of imidazole rings is 1. The van der Waals surface area contributed by atoms with Crippen LogP contribution >= 0.6 is 0 Å². The van der Waals surface area contributed by atoms with Crippen molar-refractivity contribution in [2.24, 2.45) is 0 Å². The van der Waals surface area contributed by atoms with Crippen LogP contribution in [-0.4, -0.2) is 93.1 Å². The number of nitrogens with two attached hydrogens (primary N) is 1. The summed E-state index contributed by atoms with van der Waals surface area (Å²) in [7, 11) is 0. The first kappa shape index (κ1) is 20.6. The molecule has 4 heterocycles. The van der Waals surface area contributed by atoms with Crippen LogP contribution in [0.5, 0.6) is 0 Å². The molecule has 0 bridgehead atoms. The summed E-state index contributed by atoms with van der Waals surface area (Å²) in [5.74, 6) is -1.90. The second kappa shape index (κ2) is 7.88. The molecule has 1 saturated heterocycles. The molecule has 4 rings (SSSR count). The number of anilines is 1. The van der Waals surface area contributed by atoms with Gasteiger partial charge in [-0.2, -0.15) is 15.1 Å². The number of rotatable bonds is 6. The van der Waals surface area contributed by atoms with Crippen molar-refractivity contribution < 1.29 is 34.8 Å². The molecule has 0 saturated carbocycles. The van der Waals surface area contributed by atoms with E-state index in [-0.39, 0.29) is 28.5 Å². The van der Waals surface area contributed by atoms with E-state index in [0.29, 0.717) is 0 Å². The minimum absolute atomic E-state index is 0.0159. The summed E-state index contributed by atoms with van der Waals surface area (Å²) in [6, 6.07) is 0. The topological polar surface area (TPSA) is 224 Å². The van der Waals surface area contributed by atoms with Crippen molar-refractivity contribution in [1.29, 1.82) is 0 Å². The second-order valence-electron chi connectivity index (χ2n) is 6.71. The summed E-state index contributed by atoms with van der Waals surface area (Å²) in [5.41, 5.74) is 6.39. The number of aliphatic hydroxyl groups excluding tert-OH is 3. The lowest BCUT2D eigenvalue weighted by Crippen LogP contribution is -2.33. The van der Waals surface area contributed by atoms with E-state index in [1.165, 1.54) is 23.3 Å². The highest BCUT2D eigenvalue weighted by molar-refractivity contribution is 5.95. The van der Waals surface area contributed by atoms with E-state index in [9.17, 15) is 24.9 Å². The summed E-state index contributed by atoms with van der Waals surface area (Å²) in [6.45, 7) is -1.05. The first-order valence-electron chi connectivity index (χ1n) is 8.97. The summed E-state index contributed by atoms with van der Waals surface area (Å²) < 4.78 is 7.99. The van der Waals surface area contributed by atoms with Crippen LogP contribution in [0.3, 0.4) is 0 Å². The van der Waals surface area contributed by atoms with Crippen molar-refractivity contribution in [3.8, 4) is 5.95 Å². The molecule has 3 aromatic rings. The smallest absolute Gasteiger partial charge is 0.322 e. The minimum atomic E-state index is -1.36. The number of fused-ring (bicyclic) bond motifs is 1. The summed E-state index contributed by atoms with van der Waals surface area (Å²) in [5, 5.41) is 44.4. The number of nitrogens with zero attached hydrogens (tertiary/aromatic N) is 6. The number of carbonyl (C=O) groups excluding carboxylic acids is 1. The lowest BCUT2D eigenvalue weighted by Gasteiger charge is -2.16. The van der Waals surface area contributed by atoms with E-state index in [1.807, 2.05) is 0 Å². The fourth-order valence-corrected chi connectivity index (χ4v) is 3.13. The molecule has 164 valence electrons. The molecule has 1 aliphatic heterocycles. The zero-order chi connectivity index (χ0) is 22.3. The van der Waals surface area contributed by atoms with E-state index in [1.54, 1.807) is 0 Å². The number of carboxylic acids is 1. The summed E-state index contributed by atoms with van der Waals surface area (Å²) in [4.78, 5) is 35.1. The molecule has 0 spiro atoms. The van der Waals surface area contributed by atoms with Crippen molar-refractivity contribution in [1.82, 2.24) is 34.6 Å². The van der Waals surface area contributed by atoms with Crippen LogP contribution in [0.2, 0.25) is 0 Å². The van der Waals surface area contributed by atoms with E-state index >= 15 is 0 Å². The van der Waals surface area contributed by atoms with Crippen LogP contribution in [0.4, 0.5) is 5.82 Å². The highest BCUT2D eigenvalue weighted by atomic mass is 16.6. The number of aromatic nitrogens is 6. The molecule has 3 aromatic heterocycles. The monoisotopic (exact) mass is 434 g/mol. The number of hydrogen-bond acceptors (Lipinski definition) is 11. The Kier molecular flexibility index (Phi) is 5.24. The molecule has 0 aromatic carbocycles. The van der Waals surface area contributed by atoms with Crippen LogP contribution in [0.1, 0.15) is 16.6 Å². The number of nitrogen functional groups attached to an aromatic ring is 1. The van der Waals surface area contributed by atoms with Gasteiger partial charge in [-0.05, 0) is 0 Å². The normalized spacial score (nSPS) is 23.3. The van der Waals surface area contributed by atoms with Crippen LogP contribution < -0.4 is 11.1 Å². The number of aliphatic carboxylic acids is 1. The van der Waals surface area contributed by atoms with Gasteiger partial charge in [0.1, 0.15) is 30.4 Å². The van der Waals surface area contributed by atoms with Crippen molar-refractivity contribution in [3.05, 3.63) is 24.3 Å². The maximum atomic E-state index is 12.0. The van der Waals surface area contributed by atoms with E-state index in [4.69, 9.17) is 15.6 Å². The van der Waals surface area contributed by atoms with Gasteiger partial charge < -0.3 is 36.2 Å². The fraction of sp³-hybridized carbons (Fsp3) is 0.375. The van der Waals surface area contributed by atoms with Gasteiger partial charge in [-0.1, -0.05) is 0 Å². The van der Waals surface area contributed by atoms with Gasteiger partial charge in [-0.3, -0.25) is 14.2 Å². The number of ether oxygens (including phenoxy) is 1. The largest absolute Gasteiger partial charge is 0.480 e. The Morgan fingerprint density at radius 3 is 2.71 bits per heavy atom. The Hall–Kier alpha value is -3.66. The highest BCUT2D eigenvalue weighted by Gasteiger charge is 2.44. The quantitative estimate of drug-likeness (QED) is 0.229. The third-order valence-corrected chi connectivity index (χ3v) is 4.68. The second-order valence-corrected chi connectivity index (χ2v) is 6.71. The number of amides is 1. The Balaban J connectivity index is 1.68. The predicted octanol–water partition coefficient (Wildman–Crippen LogP) is -2.98. The predicted molar refractivity (Wildman–Crippen MR) is 99.8 cm³/mol. The standard InChI is InChI=1S/C16H18N8O7/c17-12-9-13(23(5-19-9)15-11(29)10(28)7(4-25)31-15)22-16(21-12)24-3-6(1-20-24)14(30)18-2-8(26)27/h1,3,5,7,10-11,15,25,28-29H,2,4H2,(H,18,30)(H,26,27)(H2,17,21,22)/t7-,10-,11+,15-/m1/s1. The number of aliphatic hydroxyl groups is 3. The first-order chi connectivity index (χ1) is 14.8. The molecular weight excluding hydrogens is 416 g/mol. The number of carbonyl (C=O) groups is 2. The van der Waals surface area contributed by atoms with Gasteiger partial charge in [0.25, 0.3) is 11.9 Å². The Morgan fingerprint density at radius 1 is 1.26 bits per heavy atom. The fourth-order valence-electron chi connectivity index (χ4n) is 3.13. The van der Waals surface area contributed by atoms with Crippen LogP contribution in [0, 0.1) is 0 Å². The molecule has 0 radical (unpaired) electrons. The average molecular weight is 434 g/mol. The van der Waals surface area contributed by atoms with Gasteiger partial charge in [0.2, 0.25) is 0 Å². The first-order valence-corrected chi connectivity index (χ1v) is 8.97. The maximum Gasteiger partial charge on any atom is 0.322 e. The molecule has 0 unspecified atom stereocenters. The van der Waals surface area contributed by atoms with Crippen molar-refractivity contribution in [3.63, 3.8) is 0 Å². The van der Waals surface area contributed by atoms with E-state index in [0.717, 1.165) is 4.68 Å². The molecule has 4 atom stereocenters. The Bertz CT molecular complexity index is 1140. The van der Waals surface area contributed by atoms with Gasteiger partial charge in [0.15, 0.2) is 17.7 Å².